The second-order valence-electron chi connectivity index (χ2n) is 3.31. The molecule has 0 heterocycles. The van der Waals surface area contributed by atoms with Gasteiger partial charge in [-0.15, -0.1) is 0 Å². The predicted octanol–water partition coefficient (Wildman–Crippen LogP) is 0.854. The molecule has 0 saturated carbocycles. The highest BCUT2D eigenvalue weighted by Crippen LogP contribution is 2.22. The van der Waals surface area contributed by atoms with Crippen LogP contribution >= 0.6 is 11.6 Å². The number of halogens is 2. The number of carboxylic acid groups (broad SMARTS) is 1. The van der Waals surface area contributed by atoms with E-state index in [1.54, 1.807) is 0 Å². The van der Waals surface area contributed by atoms with Crippen molar-refractivity contribution in [2.24, 2.45) is 5.73 Å². The molecule has 5 nitrogen and oxygen atoms in total. The number of nitrogens with zero attached hydrogens (tertiary/aromatic N) is 1. The molecule has 0 radical (unpaired) electrons. The lowest BCUT2D eigenvalue weighted by atomic mass is 10.2. The second kappa shape index (κ2) is 5.11. The molecule has 17 heavy (non-hydrogen) atoms. The Bertz CT molecular complexity index is 467. The fraction of sp³-hybridized carbons (Fsp3) is 0.200. The topological polar surface area (TPSA) is 83.6 Å². The summed E-state index contributed by atoms with van der Waals surface area (Å²) in [6.45, 7) is 0. The van der Waals surface area contributed by atoms with Crippen molar-refractivity contribution in [3.05, 3.63) is 29.0 Å². The first-order chi connectivity index (χ1) is 7.84. The predicted molar refractivity (Wildman–Crippen MR) is 60.4 cm³/mol. The summed E-state index contributed by atoms with van der Waals surface area (Å²) in [6.07, 6.45) is 0. The highest BCUT2D eigenvalue weighted by Gasteiger charge is 2.25. The molecule has 1 amide bonds. The van der Waals surface area contributed by atoms with Crippen LogP contribution in [0.1, 0.15) is 0 Å². The van der Waals surface area contributed by atoms with Crippen LogP contribution in [-0.4, -0.2) is 30.1 Å². The van der Waals surface area contributed by atoms with Crippen molar-refractivity contribution in [2.75, 3.05) is 11.9 Å². The largest absolute Gasteiger partial charge is 0.480 e. The lowest BCUT2D eigenvalue weighted by Crippen LogP contribution is -2.46. The maximum atomic E-state index is 12.9. The van der Waals surface area contributed by atoms with Gasteiger partial charge in [0, 0.05) is 12.7 Å². The van der Waals surface area contributed by atoms with Crippen molar-refractivity contribution in [1.29, 1.82) is 0 Å². The quantitative estimate of drug-likeness (QED) is 0.790. The fourth-order valence-electron chi connectivity index (χ4n) is 1.14. The number of carbonyl (C=O) groups is 2. The summed E-state index contributed by atoms with van der Waals surface area (Å²) in [7, 11) is 1.33. The molecule has 0 aliphatic rings. The standard InChI is InChI=1S/C10H10ClFN2O3/c1-14(9(15)8(13)10(16)17)5-2-3-7(12)6(11)4-5/h2-4,8H,13H2,1H3,(H,16,17). The van der Waals surface area contributed by atoms with Gasteiger partial charge in [-0.05, 0) is 18.2 Å². The minimum atomic E-state index is -1.66. The molecule has 92 valence electrons. The van der Waals surface area contributed by atoms with Gasteiger partial charge >= 0.3 is 5.97 Å². The van der Waals surface area contributed by atoms with Gasteiger partial charge in [-0.25, -0.2) is 9.18 Å². The molecule has 0 spiro atoms. The normalized spacial score (nSPS) is 12.0. The number of hydrogen-bond donors (Lipinski definition) is 2. The van der Waals surface area contributed by atoms with Crippen LogP contribution in [0.25, 0.3) is 0 Å². The van der Waals surface area contributed by atoms with Gasteiger partial charge in [0.1, 0.15) is 5.82 Å². The van der Waals surface area contributed by atoms with Crippen LogP contribution in [0, 0.1) is 5.82 Å². The van der Waals surface area contributed by atoms with Gasteiger partial charge in [-0.1, -0.05) is 11.6 Å². The number of nitrogens with two attached hydrogens (primary N) is 1. The Hall–Kier alpha value is -1.66. The van der Waals surface area contributed by atoms with E-state index in [2.05, 4.69) is 0 Å². The van der Waals surface area contributed by atoms with Crippen molar-refractivity contribution in [1.82, 2.24) is 0 Å². The zero-order chi connectivity index (χ0) is 13.2. The van der Waals surface area contributed by atoms with E-state index in [0.717, 1.165) is 11.0 Å². The van der Waals surface area contributed by atoms with E-state index < -0.39 is 23.7 Å². The van der Waals surface area contributed by atoms with Crippen LogP contribution in [0.2, 0.25) is 5.02 Å². The van der Waals surface area contributed by atoms with Crippen LogP contribution < -0.4 is 10.6 Å². The van der Waals surface area contributed by atoms with Crippen molar-refractivity contribution < 1.29 is 19.1 Å². The number of anilines is 1. The summed E-state index contributed by atoms with van der Waals surface area (Å²) in [4.78, 5) is 23.1. The maximum Gasteiger partial charge on any atom is 0.330 e. The Morgan fingerprint density at radius 3 is 2.59 bits per heavy atom. The molecule has 1 aromatic rings. The minimum Gasteiger partial charge on any atom is -0.480 e. The van der Waals surface area contributed by atoms with Crippen molar-refractivity contribution in [3.63, 3.8) is 0 Å². The van der Waals surface area contributed by atoms with Crippen LogP contribution in [0.5, 0.6) is 0 Å². The number of benzene rings is 1. The average molecular weight is 261 g/mol. The van der Waals surface area contributed by atoms with E-state index in [1.807, 2.05) is 0 Å². The monoisotopic (exact) mass is 260 g/mol. The molecular weight excluding hydrogens is 251 g/mol. The highest BCUT2D eigenvalue weighted by atomic mass is 35.5. The Morgan fingerprint density at radius 2 is 2.12 bits per heavy atom. The van der Waals surface area contributed by atoms with Gasteiger partial charge in [0.25, 0.3) is 5.91 Å². The van der Waals surface area contributed by atoms with Crippen LogP contribution in [-0.2, 0) is 9.59 Å². The van der Waals surface area contributed by atoms with E-state index in [0.29, 0.717) is 0 Å². The molecule has 0 saturated heterocycles. The van der Waals surface area contributed by atoms with Gasteiger partial charge in [0.2, 0.25) is 0 Å². The summed E-state index contributed by atoms with van der Waals surface area (Å²) < 4.78 is 12.9. The number of aliphatic carboxylic acids is 1. The average Bonchev–Trinajstić information content (AvgIpc) is 2.29. The first kappa shape index (κ1) is 13.4. The summed E-state index contributed by atoms with van der Waals surface area (Å²) in [5.74, 6) is -2.88. The zero-order valence-corrected chi connectivity index (χ0v) is 9.61. The van der Waals surface area contributed by atoms with E-state index in [9.17, 15) is 14.0 Å². The molecule has 1 rings (SSSR count). The number of hydrogen-bond acceptors (Lipinski definition) is 3. The Balaban J connectivity index is 2.96. The zero-order valence-electron chi connectivity index (χ0n) is 8.85. The third-order valence-electron chi connectivity index (χ3n) is 2.15. The van der Waals surface area contributed by atoms with Gasteiger partial charge in [-0.2, -0.15) is 0 Å². The summed E-state index contributed by atoms with van der Waals surface area (Å²) in [5.41, 5.74) is 5.43. The summed E-state index contributed by atoms with van der Waals surface area (Å²) >= 11 is 5.54. The molecule has 1 atom stereocenters. The van der Waals surface area contributed by atoms with E-state index in [-0.39, 0.29) is 10.7 Å². The van der Waals surface area contributed by atoms with Gasteiger partial charge in [0.05, 0.1) is 5.02 Å². The van der Waals surface area contributed by atoms with Crippen LogP contribution in [0.4, 0.5) is 10.1 Å². The Morgan fingerprint density at radius 1 is 1.53 bits per heavy atom. The maximum absolute atomic E-state index is 12.9. The molecule has 0 fully saturated rings. The number of carboxylic acids is 1. The third-order valence-corrected chi connectivity index (χ3v) is 2.44. The molecule has 7 heteroatoms. The molecule has 0 aromatic heterocycles. The molecular formula is C10H10ClFN2O3. The van der Waals surface area contributed by atoms with Crippen LogP contribution in [0.15, 0.2) is 18.2 Å². The summed E-state index contributed by atoms with van der Waals surface area (Å²) in [6, 6.07) is 1.92. The molecule has 0 aliphatic heterocycles. The number of rotatable bonds is 3. The molecule has 1 unspecified atom stereocenters. The lowest BCUT2D eigenvalue weighted by molar-refractivity contribution is -0.142. The minimum absolute atomic E-state index is 0.161. The number of likely N-dealkylation sites (N-methyl/N-ethyl adjacent to an activating group) is 1. The number of carbonyl (C=O) groups excluding carboxylic acids is 1. The number of amides is 1. The first-order valence-electron chi connectivity index (χ1n) is 4.55. The Kier molecular flexibility index (Phi) is 4.03. The van der Waals surface area contributed by atoms with E-state index in [1.165, 1.54) is 19.2 Å². The van der Waals surface area contributed by atoms with E-state index >= 15 is 0 Å². The second-order valence-corrected chi connectivity index (χ2v) is 3.72. The highest BCUT2D eigenvalue weighted by molar-refractivity contribution is 6.31. The van der Waals surface area contributed by atoms with Gasteiger partial charge < -0.3 is 15.7 Å². The van der Waals surface area contributed by atoms with Crippen molar-refractivity contribution in [3.8, 4) is 0 Å². The Labute approximate surface area is 102 Å². The molecule has 0 bridgehead atoms. The first-order valence-corrected chi connectivity index (χ1v) is 4.93. The summed E-state index contributed by atoms with van der Waals surface area (Å²) in [5, 5.41) is 8.43. The van der Waals surface area contributed by atoms with Crippen LogP contribution in [0.3, 0.4) is 0 Å². The third kappa shape index (κ3) is 2.92. The smallest absolute Gasteiger partial charge is 0.330 e. The lowest BCUT2D eigenvalue weighted by Gasteiger charge is -2.19. The molecule has 3 N–H and O–H groups in total. The fourth-order valence-corrected chi connectivity index (χ4v) is 1.31. The van der Waals surface area contributed by atoms with Gasteiger partial charge in [0.15, 0.2) is 6.04 Å². The van der Waals surface area contributed by atoms with Crippen molar-refractivity contribution >= 4 is 29.2 Å². The SMILES string of the molecule is CN(C(=O)C(N)C(=O)O)c1ccc(F)c(Cl)c1. The molecule has 1 aromatic carbocycles. The van der Waals surface area contributed by atoms with Crippen molar-refractivity contribution in [2.45, 2.75) is 6.04 Å². The molecule has 0 aliphatic carbocycles. The van der Waals surface area contributed by atoms with E-state index in [4.69, 9.17) is 22.4 Å². The van der Waals surface area contributed by atoms with Gasteiger partial charge in [-0.3, -0.25) is 4.79 Å².